The first-order chi connectivity index (χ1) is 26.0. The highest BCUT2D eigenvalue weighted by Gasteiger charge is 2.38. The predicted octanol–water partition coefficient (Wildman–Crippen LogP) is 12.4. The van der Waals surface area contributed by atoms with Gasteiger partial charge in [0.1, 0.15) is 0 Å². The van der Waals surface area contributed by atoms with Crippen LogP contribution >= 0.6 is 0 Å². The first kappa shape index (κ1) is 31.2. The first-order valence-electron chi connectivity index (χ1n) is 18.4. The van der Waals surface area contributed by atoms with E-state index < -0.39 is 0 Å². The average Bonchev–Trinajstić information content (AvgIpc) is 3.55. The summed E-state index contributed by atoms with van der Waals surface area (Å²) >= 11 is 0. The van der Waals surface area contributed by atoms with Crippen LogP contribution < -0.4 is 0 Å². The highest BCUT2D eigenvalue weighted by atomic mass is 15.0. The molecule has 3 heteroatoms. The van der Waals surface area contributed by atoms with E-state index in [1.54, 1.807) is 0 Å². The monoisotopic (exact) mass is 679 g/mol. The van der Waals surface area contributed by atoms with E-state index in [1.807, 2.05) is 12.1 Å². The van der Waals surface area contributed by atoms with Gasteiger partial charge in [0.15, 0.2) is 5.82 Å². The van der Waals surface area contributed by atoms with Crippen molar-refractivity contribution >= 4 is 21.8 Å². The lowest BCUT2D eigenvalue weighted by Gasteiger charge is -2.40. The molecule has 53 heavy (non-hydrogen) atoms. The van der Waals surface area contributed by atoms with Crippen LogP contribution in [0.25, 0.3) is 61.4 Å². The Hall–Kier alpha value is -6.58. The maximum absolute atomic E-state index is 5.09. The Kier molecular flexibility index (Phi) is 7.23. The number of aromatic nitrogens is 3. The van der Waals surface area contributed by atoms with Gasteiger partial charge in [0.05, 0.1) is 22.4 Å². The third-order valence-electron chi connectivity index (χ3n) is 11.2. The van der Waals surface area contributed by atoms with Gasteiger partial charge in [-0.05, 0) is 76.3 Å². The van der Waals surface area contributed by atoms with Crippen LogP contribution in [0.5, 0.6) is 0 Å². The molecule has 3 nitrogen and oxygen atoms in total. The fourth-order valence-electron chi connectivity index (χ4n) is 8.57. The van der Waals surface area contributed by atoms with Gasteiger partial charge in [-0.25, -0.2) is 9.97 Å². The van der Waals surface area contributed by atoms with Crippen LogP contribution in [0, 0.1) is 0 Å². The van der Waals surface area contributed by atoms with Crippen LogP contribution in [0.1, 0.15) is 47.6 Å². The summed E-state index contributed by atoms with van der Waals surface area (Å²) < 4.78 is 2.43. The zero-order valence-electron chi connectivity index (χ0n) is 29.7. The minimum Gasteiger partial charge on any atom is -0.309 e. The maximum Gasteiger partial charge on any atom is 0.160 e. The van der Waals surface area contributed by atoms with Crippen molar-refractivity contribution in [3.63, 3.8) is 0 Å². The summed E-state index contributed by atoms with van der Waals surface area (Å²) in [7, 11) is 0. The third kappa shape index (κ3) is 5.11. The van der Waals surface area contributed by atoms with E-state index in [0.29, 0.717) is 5.82 Å². The topological polar surface area (TPSA) is 30.7 Å². The molecule has 1 unspecified atom stereocenters. The molecule has 1 atom stereocenters. The lowest BCUT2D eigenvalue weighted by molar-refractivity contribution is 0.598. The Morgan fingerprint density at radius 1 is 0.453 bits per heavy atom. The van der Waals surface area contributed by atoms with Gasteiger partial charge in [0.25, 0.3) is 0 Å². The molecular formula is C50H37N3. The van der Waals surface area contributed by atoms with Crippen LogP contribution in [0.3, 0.4) is 0 Å². The fourth-order valence-corrected chi connectivity index (χ4v) is 8.57. The number of fused-ring (bicyclic) bond motifs is 5. The number of hydrogen-bond donors (Lipinski definition) is 0. The Bertz CT molecular complexity index is 2720. The van der Waals surface area contributed by atoms with Gasteiger partial charge in [-0.15, -0.1) is 0 Å². The van der Waals surface area contributed by atoms with Crippen LogP contribution in [0.15, 0.2) is 182 Å². The molecule has 0 fully saturated rings. The molecule has 10 rings (SSSR count). The average molecular weight is 680 g/mol. The Morgan fingerprint density at radius 3 is 1.72 bits per heavy atom. The van der Waals surface area contributed by atoms with Gasteiger partial charge in [0, 0.05) is 44.5 Å². The SMILES string of the molecule is CC1(C)c2ccccc2C(c2ccccc2)c2cc3c(cc21)c1ccccc1n3-c1ccc(-c2nc(-c3ccccc3)cc(-c3ccccc3)n2)cc1. The zero-order valence-corrected chi connectivity index (χ0v) is 29.7. The summed E-state index contributed by atoms with van der Waals surface area (Å²) in [5.41, 5.74) is 15.1. The van der Waals surface area contributed by atoms with E-state index >= 15 is 0 Å². The van der Waals surface area contributed by atoms with Crippen molar-refractivity contribution < 1.29 is 0 Å². The van der Waals surface area contributed by atoms with Gasteiger partial charge in [-0.2, -0.15) is 0 Å². The molecule has 0 bridgehead atoms. The van der Waals surface area contributed by atoms with Crippen molar-refractivity contribution in [3.05, 3.63) is 210 Å². The Balaban J connectivity index is 1.15. The second-order valence-electron chi connectivity index (χ2n) is 14.6. The van der Waals surface area contributed by atoms with Crippen molar-refractivity contribution in [3.8, 4) is 39.6 Å². The maximum atomic E-state index is 5.09. The van der Waals surface area contributed by atoms with Crippen molar-refractivity contribution in [2.24, 2.45) is 0 Å². The van der Waals surface area contributed by atoms with Crippen LogP contribution in [-0.4, -0.2) is 14.5 Å². The molecule has 2 heterocycles. The number of benzene rings is 7. The van der Waals surface area contributed by atoms with Gasteiger partial charge in [0.2, 0.25) is 0 Å². The molecule has 1 aliphatic rings. The molecule has 0 spiro atoms. The summed E-state index contributed by atoms with van der Waals surface area (Å²) in [6.45, 7) is 4.77. The summed E-state index contributed by atoms with van der Waals surface area (Å²) in [5, 5.41) is 2.53. The molecule has 0 saturated heterocycles. The molecule has 252 valence electrons. The van der Waals surface area contributed by atoms with Gasteiger partial charge in [-0.3, -0.25) is 0 Å². The zero-order chi connectivity index (χ0) is 35.5. The van der Waals surface area contributed by atoms with E-state index in [1.165, 1.54) is 49.6 Å². The summed E-state index contributed by atoms with van der Waals surface area (Å²) in [4.78, 5) is 10.2. The van der Waals surface area contributed by atoms with Crippen LogP contribution in [-0.2, 0) is 5.41 Å². The molecule has 0 N–H and O–H groups in total. The summed E-state index contributed by atoms with van der Waals surface area (Å²) in [6, 6.07) is 65.4. The van der Waals surface area contributed by atoms with E-state index in [2.05, 4.69) is 188 Å². The summed E-state index contributed by atoms with van der Waals surface area (Å²) in [5.74, 6) is 0.848. The largest absolute Gasteiger partial charge is 0.309 e. The summed E-state index contributed by atoms with van der Waals surface area (Å²) in [6.07, 6.45) is 0. The molecule has 0 saturated carbocycles. The molecular weight excluding hydrogens is 643 g/mol. The van der Waals surface area contributed by atoms with Crippen LogP contribution in [0.4, 0.5) is 0 Å². The lowest BCUT2D eigenvalue weighted by Crippen LogP contribution is -2.29. The van der Waals surface area contributed by atoms with E-state index in [-0.39, 0.29) is 11.3 Å². The fraction of sp³-hybridized carbons (Fsp3) is 0.0800. The molecule has 2 aromatic heterocycles. The predicted molar refractivity (Wildman–Crippen MR) is 219 cm³/mol. The standard InChI is InChI=1S/C50H37N3/c1-50(2)42-24-14-12-23-39(42)48(35-20-10-5-11-21-35)41-31-47-40(30-43(41)50)38-22-13-15-25-46(38)53(47)37-28-26-36(27-29-37)49-51-44(33-16-6-3-7-17-33)32-45(52-49)34-18-8-4-9-19-34/h3-32,48H,1-2H3. The van der Waals surface area contributed by atoms with E-state index in [9.17, 15) is 0 Å². The Morgan fingerprint density at radius 2 is 1.04 bits per heavy atom. The number of rotatable bonds is 5. The third-order valence-corrected chi connectivity index (χ3v) is 11.2. The van der Waals surface area contributed by atoms with Gasteiger partial charge < -0.3 is 4.57 Å². The van der Waals surface area contributed by atoms with Crippen molar-refractivity contribution in [1.82, 2.24) is 14.5 Å². The Labute approximate surface area is 309 Å². The smallest absolute Gasteiger partial charge is 0.160 e. The second-order valence-corrected chi connectivity index (χ2v) is 14.6. The number of nitrogens with zero attached hydrogens (tertiary/aromatic N) is 3. The van der Waals surface area contributed by atoms with Crippen molar-refractivity contribution in [2.75, 3.05) is 0 Å². The minimum atomic E-state index is -0.150. The van der Waals surface area contributed by atoms with Gasteiger partial charge >= 0.3 is 0 Å². The van der Waals surface area contributed by atoms with Crippen molar-refractivity contribution in [2.45, 2.75) is 25.2 Å². The quantitative estimate of drug-likeness (QED) is 0.181. The minimum absolute atomic E-state index is 0.140. The molecule has 0 amide bonds. The highest BCUT2D eigenvalue weighted by molar-refractivity contribution is 6.10. The molecule has 9 aromatic rings. The lowest BCUT2D eigenvalue weighted by atomic mass is 9.63. The first-order valence-corrected chi connectivity index (χ1v) is 18.4. The highest BCUT2D eigenvalue weighted by Crippen LogP contribution is 2.51. The van der Waals surface area contributed by atoms with Gasteiger partial charge in [-0.1, -0.05) is 147 Å². The number of hydrogen-bond acceptors (Lipinski definition) is 2. The van der Waals surface area contributed by atoms with E-state index in [4.69, 9.17) is 9.97 Å². The molecule has 7 aromatic carbocycles. The molecule has 1 aliphatic carbocycles. The number of para-hydroxylation sites is 1. The van der Waals surface area contributed by atoms with Crippen molar-refractivity contribution in [1.29, 1.82) is 0 Å². The second kappa shape index (κ2) is 12.3. The van der Waals surface area contributed by atoms with E-state index in [0.717, 1.165) is 33.8 Å². The molecule has 0 aliphatic heterocycles. The normalized spacial score (nSPS) is 14.6. The van der Waals surface area contributed by atoms with Crippen LogP contribution in [0.2, 0.25) is 0 Å². The molecule has 0 radical (unpaired) electrons.